The predicted octanol–water partition coefficient (Wildman–Crippen LogP) is 6.82. The molecule has 0 spiro atoms. The summed E-state index contributed by atoms with van der Waals surface area (Å²) in [5.41, 5.74) is -0.0136. The summed E-state index contributed by atoms with van der Waals surface area (Å²) < 4.78 is 18.7. The average Bonchev–Trinajstić information content (AvgIpc) is 3.32. The van der Waals surface area contributed by atoms with Crippen LogP contribution in [-0.4, -0.2) is 37.6 Å². The summed E-state index contributed by atoms with van der Waals surface area (Å²) in [6, 6.07) is 0. The second kappa shape index (κ2) is 13.2. The summed E-state index contributed by atoms with van der Waals surface area (Å²) in [5.74, 6) is 0. The van der Waals surface area contributed by atoms with Crippen molar-refractivity contribution >= 4 is 0 Å². The molecule has 2 heterocycles. The van der Waals surface area contributed by atoms with Crippen molar-refractivity contribution in [2.75, 3.05) is 26.4 Å². The number of ether oxygens (including phenoxy) is 3. The third-order valence-electron chi connectivity index (χ3n) is 6.57. The number of hydrogen-bond donors (Lipinski definition) is 0. The smallest absolute Gasteiger partial charge is 0.0915 e. The summed E-state index contributed by atoms with van der Waals surface area (Å²) in [5, 5.41) is 0. The first-order valence-corrected chi connectivity index (χ1v) is 12.1. The van der Waals surface area contributed by atoms with Gasteiger partial charge in [-0.3, -0.25) is 0 Å². The Morgan fingerprint density at radius 1 is 0.630 bits per heavy atom. The zero-order valence-electron chi connectivity index (χ0n) is 18.4. The molecule has 0 aromatic heterocycles. The Morgan fingerprint density at radius 2 is 1.07 bits per heavy atom. The molecule has 2 saturated heterocycles. The van der Waals surface area contributed by atoms with E-state index in [1.807, 2.05) is 0 Å². The van der Waals surface area contributed by atoms with Gasteiger partial charge in [-0.05, 0) is 38.5 Å². The van der Waals surface area contributed by atoms with E-state index < -0.39 is 0 Å². The van der Waals surface area contributed by atoms with Gasteiger partial charge in [0, 0.05) is 13.2 Å². The summed E-state index contributed by atoms with van der Waals surface area (Å²) in [7, 11) is 0. The predicted molar refractivity (Wildman–Crippen MR) is 113 cm³/mol. The van der Waals surface area contributed by atoms with Crippen molar-refractivity contribution in [1.82, 2.24) is 0 Å². The van der Waals surface area contributed by atoms with Gasteiger partial charge >= 0.3 is 0 Å². The second-order valence-corrected chi connectivity index (χ2v) is 9.09. The molecule has 3 heteroatoms. The lowest BCUT2D eigenvalue weighted by molar-refractivity contribution is -0.116. The largest absolute Gasteiger partial charge is 0.375 e. The third kappa shape index (κ3) is 8.41. The van der Waals surface area contributed by atoms with E-state index in [9.17, 15) is 0 Å². The highest BCUT2D eigenvalue weighted by molar-refractivity contribution is 4.88. The Balaban J connectivity index is 1.71. The van der Waals surface area contributed by atoms with Gasteiger partial charge in [-0.1, -0.05) is 78.1 Å². The number of hydrogen-bond acceptors (Lipinski definition) is 3. The van der Waals surface area contributed by atoms with Crippen LogP contribution in [0, 0.1) is 0 Å². The van der Waals surface area contributed by atoms with Crippen LogP contribution in [0.3, 0.4) is 0 Å². The van der Waals surface area contributed by atoms with Crippen LogP contribution in [0.1, 0.15) is 117 Å². The van der Waals surface area contributed by atoms with Crippen LogP contribution in [0.2, 0.25) is 0 Å². The monoisotopic (exact) mass is 382 g/mol. The number of rotatable bonds is 16. The topological polar surface area (TPSA) is 27.7 Å². The van der Waals surface area contributed by atoms with Crippen molar-refractivity contribution < 1.29 is 14.2 Å². The molecule has 0 aromatic rings. The lowest BCUT2D eigenvalue weighted by atomic mass is 9.92. The second-order valence-electron chi connectivity index (χ2n) is 9.09. The lowest BCUT2D eigenvalue weighted by Crippen LogP contribution is -2.39. The highest BCUT2D eigenvalue weighted by atomic mass is 16.6. The summed E-state index contributed by atoms with van der Waals surface area (Å²) >= 11 is 0. The van der Waals surface area contributed by atoms with Crippen LogP contribution in [0.5, 0.6) is 0 Å². The van der Waals surface area contributed by atoms with E-state index in [1.54, 1.807) is 0 Å². The van der Waals surface area contributed by atoms with Gasteiger partial charge in [-0.2, -0.15) is 0 Å². The first-order valence-electron chi connectivity index (χ1n) is 12.1. The maximum atomic E-state index is 6.31. The lowest BCUT2D eigenvalue weighted by Gasteiger charge is -2.32. The van der Waals surface area contributed by atoms with E-state index in [0.29, 0.717) is 0 Å². The maximum absolute atomic E-state index is 6.31. The highest BCUT2D eigenvalue weighted by Crippen LogP contribution is 2.35. The fourth-order valence-corrected chi connectivity index (χ4v) is 4.80. The minimum atomic E-state index is -0.00681. The molecule has 0 amide bonds. The van der Waals surface area contributed by atoms with Crippen molar-refractivity contribution in [1.29, 1.82) is 0 Å². The fourth-order valence-electron chi connectivity index (χ4n) is 4.80. The van der Waals surface area contributed by atoms with Gasteiger partial charge in [0.05, 0.1) is 24.4 Å². The molecular formula is C24H46O3. The first kappa shape index (κ1) is 23.2. The van der Waals surface area contributed by atoms with E-state index in [-0.39, 0.29) is 11.2 Å². The molecule has 0 aromatic carbocycles. The van der Waals surface area contributed by atoms with Crippen LogP contribution in [0.15, 0.2) is 0 Å². The van der Waals surface area contributed by atoms with E-state index in [0.717, 1.165) is 26.4 Å². The number of unbranched alkanes of at least 4 members (excludes halogenated alkanes) is 8. The maximum Gasteiger partial charge on any atom is 0.0915 e. The molecule has 0 N–H and O–H groups in total. The van der Waals surface area contributed by atoms with Gasteiger partial charge < -0.3 is 14.2 Å². The normalized spacial score (nSPS) is 28.2. The molecule has 0 aliphatic carbocycles. The van der Waals surface area contributed by atoms with E-state index >= 15 is 0 Å². The summed E-state index contributed by atoms with van der Waals surface area (Å²) in [4.78, 5) is 0. The summed E-state index contributed by atoms with van der Waals surface area (Å²) in [6.07, 6.45) is 20.4. The van der Waals surface area contributed by atoms with Gasteiger partial charge in [0.15, 0.2) is 0 Å². The molecule has 2 aliphatic rings. The molecular weight excluding hydrogens is 336 g/mol. The van der Waals surface area contributed by atoms with Crippen LogP contribution in [0.4, 0.5) is 0 Å². The van der Waals surface area contributed by atoms with Gasteiger partial charge in [0.2, 0.25) is 0 Å². The van der Waals surface area contributed by atoms with E-state index in [4.69, 9.17) is 14.2 Å². The first-order chi connectivity index (χ1) is 13.2. The molecule has 0 radical (unpaired) electrons. The van der Waals surface area contributed by atoms with E-state index in [1.165, 1.54) is 103 Å². The SMILES string of the molecule is CCCCCCCC1(COCC2(CCCCCCC)CCCO2)CCCO1. The van der Waals surface area contributed by atoms with Crippen LogP contribution < -0.4 is 0 Å². The van der Waals surface area contributed by atoms with Crippen molar-refractivity contribution in [3.05, 3.63) is 0 Å². The Bertz CT molecular complexity index is 323. The molecule has 2 rings (SSSR count). The standard InChI is InChI=1S/C24H46O3/c1-3-5-7-9-11-15-23(17-13-19-26-23)21-25-22-24(18-14-20-27-24)16-12-10-8-6-4-2/h3-22H2,1-2H3. The summed E-state index contributed by atoms with van der Waals surface area (Å²) in [6.45, 7) is 7.92. The van der Waals surface area contributed by atoms with Crippen molar-refractivity contribution in [2.24, 2.45) is 0 Å². The minimum absolute atomic E-state index is 0.00681. The van der Waals surface area contributed by atoms with Gasteiger partial charge in [0.1, 0.15) is 0 Å². The molecule has 0 saturated carbocycles. The van der Waals surface area contributed by atoms with Crippen molar-refractivity contribution in [2.45, 2.75) is 128 Å². The average molecular weight is 383 g/mol. The quantitative estimate of drug-likeness (QED) is 0.274. The Kier molecular flexibility index (Phi) is 11.3. The van der Waals surface area contributed by atoms with Crippen LogP contribution in [0.25, 0.3) is 0 Å². The van der Waals surface area contributed by atoms with Crippen LogP contribution in [-0.2, 0) is 14.2 Å². The van der Waals surface area contributed by atoms with Crippen molar-refractivity contribution in [3.8, 4) is 0 Å². The van der Waals surface area contributed by atoms with Gasteiger partial charge in [0.25, 0.3) is 0 Å². The van der Waals surface area contributed by atoms with E-state index in [2.05, 4.69) is 13.8 Å². The minimum Gasteiger partial charge on any atom is -0.375 e. The molecule has 2 fully saturated rings. The third-order valence-corrected chi connectivity index (χ3v) is 6.57. The zero-order chi connectivity index (χ0) is 19.3. The van der Waals surface area contributed by atoms with Gasteiger partial charge in [-0.25, -0.2) is 0 Å². The zero-order valence-corrected chi connectivity index (χ0v) is 18.4. The Hall–Kier alpha value is -0.120. The fraction of sp³-hybridized carbons (Fsp3) is 1.00. The molecule has 2 aliphatic heterocycles. The molecule has 160 valence electrons. The molecule has 2 unspecified atom stereocenters. The molecule has 2 atom stereocenters. The molecule has 27 heavy (non-hydrogen) atoms. The van der Waals surface area contributed by atoms with Crippen molar-refractivity contribution in [3.63, 3.8) is 0 Å². The van der Waals surface area contributed by atoms with Crippen LogP contribution >= 0.6 is 0 Å². The Morgan fingerprint density at radius 3 is 1.44 bits per heavy atom. The Labute approximate surface area is 168 Å². The highest BCUT2D eigenvalue weighted by Gasteiger charge is 2.38. The molecule has 3 nitrogen and oxygen atoms in total. The molecule has 0 bridgehead atoms. The van der Waals surface area contributed by atoms with Gasteiger partial charge in [-0.15, -0.1) is 0 Å².